The fourth-order valence-corrected chi connectivity index (χ4v) is 2.47. The van der Waals surface area contributed by atoms with Crippen molar-refractivity contribution in [1.29, 1.82) is 0 Å². The lowest BCUT2D eigenvalue weighted by Crippen LogP contribution is -2.41. The summed E-state index contributed by atoms with van der Waals surface area (Å²) >= 11 is 0. The van der Waals surface area contributed by atoms with E-state index in [1.807, 2.05) is 40.7 Å². The summed E-state index contributed by atoms with van der Waals surface area (Å²) in [7, 11) is -0.532. The van der Waals surface area contributed by atoms with Gasteiger partial charge < -0.3 is 9.31 Å². The predicted molar refractivity (Wildman–Crippen MR) is 84.0 cm³/mol. The molecule has 4 nitrogen and oxygen atoms in total. The van der Waals surface area contributed by atoms with Gasteiger partial charge in [-0.15, -0.1) is 0 Å². The van der Waals surface area contributed by atoms with Crippen molar-refractivity contribution in [3.8, 4) is 5.69 Å². The molecule has 1 aromatic carbocycles. The molecule has 0 saturated carbocycles. The highest BCUT2D eigenvalue weighted by Gasteiger charge is 2.52. The number of hydrogen-bond donors (Lipinski definition) is 0. The Morgan fingerprint density at radius 2 is 1.73 bits per heavy atom. The first-order valence-electron chi connectivity index (χ1n) is 7.37. The molecule has 2 heterocycles. The van der Waals surface area contributed by atoms with Gasteiger partial charge in [-0.1, -0.05) is 6.07 Å². The Morgan fingerprint density at radius 3 is 2.36 bits per heavy atom. The molecule has 22 heavy (non-hydrogen) atoms. The van der Waals surface area contributed by atoms with Gasteiger partial charge in [0.2, 0.25) is 0 Å². The summed E-state index contributed by atoms with van der Waals surface area (Å²) < 4.78 is 27.4. The minimum Gasteiger partial charge on any atom is -0.398 e. The number of halogens is 1. The van der Waals surface area contributed by atoms with E-state index in [-0.39, 0.29) is 5.82 Å². The van der Waals surface area contributed by atoms with Gasteiger partial charge >= 0.3 is 7.12 Å². The predicted octanol–water partition coefficient (Wildman–Crippen LogP) is 2.62. The van der Waals surface area contributed by atoms with Crippen LogP contribution in [0.1, 0.15) is 33.3 Å². The van der Waals surface area contributed by atoms with Crippen LogP contribution in [0.2, 0.25) is 0 Å². The molecule has 0 amide bonds. The summed E-state index contributed by atoms with van der Waals surface area (Å²) in [6.45, 7) is 9.93. The largest absolute Gasteiger partial charge is 0.514 e. The van der Waals surface area contributed by atoms with Crippen molar-refractivity contribution in [2.45, 2.75) is 45.8 Å². The summed E-state index contributed by atoms with van der Waals surface area (Å²) in [5.41, 5.74) is 1.53. The summed E-state index contributed by atoms with van der Waals surface area (Å²) in [4.78, 5) is 0. The van der Waals surface area contributed by atoms with Crippen molar-refractivity contribution < 1.29 is 13.7 Å². The molecule has 116 valence electrons. The van der Waals surface area contributed by atoms with Gasteiger partial charge in [0.25, 0.3) is 0 Å². The van der Waals surface area contributed by atoms with E-state index in [0.29, 0.717) is 5.69 Å². The van der Waals surface area contributed by atoms with E-state index in [0.717, 1.165) is 11.2 Å². The lowest BCUT2D eigenvalue weighted by atomic mass is 9.84. The van der Waals surface area contributed by atoms with Crippen LogP contribution in [0.3, 0.4) is 0 Å². The molecule has 2 aromatic rings. The Morgan fingerprint density at radius 1 is 1.09 bits per heavy atom. The second-order valence-corrected chi connectivity index (χ2v) is 6.69. The first-order chi connectivity index (χ1) is 10.2. The summed E-state index contributed by atoms with van der Waals surface area (Å²) in [6, 6.07) is 6.49. The summed E-state index contributed by atoms with van der Waals surface area (Å²) in [5.74, 6) is -0.295. The van der Waals surface area contributed by atoms with Crippen LogP contribution >= 0.6 is 0 Å². The van der Waals surface area contributed by atoms with Crippen LogP contribution in [0.25, 0.3) is 5.69 Å². The minimum atomic E-state index is -0.532. The molecule has 3 rings (SSSR count). The number of hydrogen-bond acceptors (Lipinski definition) is 3. The Kier molecular flexibility index (Phi) is 3.42. The Hall–Kier alpha value is -1.66. The summed E-state index contributed by atoms with van der Waals surface area (Å²) in [5, 5.41) is 4.32. The molecule has 1 aromatic heterocycles. The quantitative estimate of drug-likeness (QED) is 0.800. The molecule has 0 aliphatic carbocycles. The SMILES string of the molecule is Cc1ccc(F)cc1-n1nccc1B1OC(C)(C)C(C)(C)O1. The molecule has 1 aliphatic rings. The Bertz CT molecular complexity index is 696. The van der Waals surface area contributed by atoms with Crippen molar-refractivity contribution in [1.82, 2.24) is 9.78 Å². The Balaban J connectivity index is 2.02. The molecule has 1 saturated heterocycles. The standard InChI is InChI=1S/C16H20BFN2O2/c1-11-6-7-12(18)10-13(11)20-14(8-9-19-20)17-21-15(2,3)16(4,5)22-17/h6-10H,1-5H3. The monoisotopic (exact) mass is 302 g/mol. The van der Waals surface area contributed by atoms with Crippen LogP contribution in [0.5, 0.6) is 0 Å². The lowest BCUT2D eigenvalue weighted by Gasteiger charge is -2.32. The van der Waals surface area contributed by atoms with Crippen molar-refractivity contribution in [2.75, 3.05) is 0 Å². The van der Waals surface area contributed by atoms with Gasteiger partial charge in [-0.3, -0.25) is 0 Å². The molecule has 0 N–H and O–H groups in total. The molecule has 0 atom stereocenters. The van der Waals surface area contributed by atoms with Crippen molar-refractivity contribution >= 4 is 12.7 Å². The van der Waals surface area contributed by atoms with Gasteiger partial charge in [0, 0.05) is 6.20 Å². The number of rotatable bonds is 2. The van der Waals surface area contributed by atoms with Gasteiger partial charge in [-0.05, 0) is 58.4 Å². The van der Waals surface area contributed by atoms with E-state index in [1.54, 1.807) is 16.9 Å². The van der Waals surface area contributed by atoms with Gasteiger partial charge in [0.05, 0.1) is 22.5 Å². The first-order valence-corrected chi connectivity index (χ1v) is 7.37. The average Bonchev–Trinajstić information content (AvgIpc) is 2.96. The van der Waals surface area contributed by atoms with E-state index >= 15 is 0 Å². The van der Waals surface area contributed by atoms with Crippen molar-refractivity contribution in [2.24, 2.45) is 0 Å². The minimum absolute atomic E-state index is 0.295. The van der Waals surface area contributed by atoms with Gasteiger partial charge in [0.15, 0.2) is 0 Å². The van der Waals surface area contributed by atoms with Crippen molar-refractivity contribution in [3.63, 3.8) is 0 Å². The van der Waals surface area contributed by atoms with Gasteiger partial charge in [0.1, 0.15) is 5.82 Å². The average molecular weight is 302 g/mol. The zero-order chi connectivity index (χ0) is 16.1. The van der Waals surface area contributed by atoms with Crippen LogP contribution in [0.4, 0.5) is 4.39 Å². The molecular weight excluding hydrogens is 282 g/mol. The van der Waals surface area contributed by atoms with Crippen LogP contribution in [-0.4, -0.2) is 28.1 Å². The second-order valence-electron chi connectivity index (χ2n) is 6.69. The molecular formula is C16H20BFN2O2. The smallest absolute Gasteiger partial charge is 0.398 e. The van der Waals surface area contributed by atoms with E-state index in [1.165, 1.54) is 12.1 Å². The van der Waals surface area contributed by atoms with Crippen LogP contribution in [0.15, 0.2) is 30.5 Å². The van der Waals surface area contributed by atoms with Crippen LogP contribution < -0.4 is 5.59 Å². The first kappa shape index (κ1) is 15.2. The maximum absolute atomic E-state index is 13.6. The highest BCUT2D eigenvalue weighted by Crippen LogP contribution is 2.36. The number of benzene rings is 1. The molecule has 0 radical (unpaired) electrons. The van der Waals surface area contributed by atoms with E-state index in [4.69, 9.17) is 9.31 Å². The molecule has 0 bridgehead atoms. The lowest BCUT2D eigenvalue weighted by molar-refractivity contribution is 0.00578. The zero-order valence-electron chi connectivity index (χ0n) is 13.6. The highest BCUT2D eigenvalue weighted by molar-refractivity contribution is 6.61. The molecule has 0 spiro atoms. The van der Waals surface area contributed by atoms with E-state index < -0.39 is 18.3 Å². The van der Waals surface area contributed by atoms with Gasteiger partial charge in [-0.2, -0.15) is 5.10 Å². The third-order valence-electron chi connectivity index (χ3n) is 4.57. The summed E-state index contributed by atoms with van der Waals surface area (Å²) in [6.07, 6.45) is 1.67. The fourth-order valence-electron chi connectivity index (χ4n) is 2.47. The third-order valence-corrected chi connectivity index (χ3v) is 4.57. The molecule has 1 aliphatic heterocycles. The maximum Gasteiger partial charge on any atom is 0.514 e. The highest BCUT2D eigenvalue weighted by atomic mass is 19.1. The van der Waals surface area contributed by atoms with E-state index in [9.17, 15) is 4.39 Å². The molecule has 1 fully saturated rings. The molecule has 6 heteroatoms. The van der Waals surface area contributed by atoms with Crippen molar-refractivity contribution in [3.05, 3.63) is 41.8 Å². The van der Waals surface area contributed by atoms with E-state index in [2.05, 4.69) is 5.10 Å². The number of nitrogens with zero attached hydrogens (tertiary/aromatic N) is 2. The maximum atomic E-state index is 13.6. The number of aromatic nitrogens is 2. The Labute approximate surface area is 130 Å². The van der Waals surface area contributed by atoms with Gasteiger partial charge in [-0.25, -0.2) is 9.07 Å². The normalized spacial score (nSPS) is 19.6. The number of aryl methyl sites for hydroxylation is 1. The zero-order valence-corrected chi connectivity index (χ0v) is 13.6. The van der Waals surface area contributed by atoms with Crippen LogP contribution in [-0.2, 0) is 9.31 Å². The third kappa shape index (κ3) is 2.36. The van der Waals surface area contributed by atoms with Crippen LogP contribution in [0, 0.1) is 12.7 Å². The topological polar surface area (TPSA) is 36.3 Å². The molecule has 0 unspecified atom stereocenters. The fraction of sp³-hybridized carbons (Fsp3) is 0.438. The second kappa shape index (κ2) is 4.93.